The average molecular weight is 244 g/mol. The molecule has 0 saturated carbocycles. The summed E-state index contributed by atoms with van der Waals surface area (Å²) in [6.07, 6.45) is 4.52. The molecule has 0 aliphatic carbocycles. The second-order valence-electron chi connectivity index (χ2n) is 4.95. The van der Waals surface area contributed by atoms with Crippen molar-refractivity contribution in [3.8, 4) is 11.5 Å². The Kier molecular flexibility index (Phi) is 3.75. The fraction of sp³-hybridized carbons (Fsp3) is 0.375. The smallest absolute Gasteiger partial charge is 0.127 e. The van der Waals surface area contributed by atoms with Gasteiger partial charge in [-0.3, -0.25) is 0 Å². The Morgan fingerprint density at radius 2 is 1.67 bits per heavy atom. The minimum absolute atomic E-state index is 0.155. The van der Waals surface area contributed by atoms with Crippen molar-refractivity contribution in [3.63, 3.8) is 0 Å². The molecule has 0 fully saturated rings. The summed E-state index contributed by atoms with van der Waals surface area (Å²) in [4.78, 5) is 0. The van der Waals surface area contributed by atoms with Gasteiger partial charge < -0.3 is 10.2 Å². The van der Waals surface area contributed by atoms with E-state index in [-0.39, 0.29) is 11.5 Å². The Bertz CT molecular complexity index is 559. The van der Waals surface area contributed by atoms with Crippen LogP contribution in [0.5, 0.6) is 11.5 Å². The van der Waals surface area contributed by atoms with E-state index in [2.05, 4.69) is 13.0 Å². The quantitative estimate of drug-likeness (QED) is 0.787. The molecule has 96 valence electrons. The monoisotopic (exact) mass is 244 g/mol. The topological polar surface area (TPSA) is 40.5 Å². The molecule has 0 amide bonds. The molecule has 18 heavy (non-hydrogen) atoms. The fourth-order valence-corrected chi connectivity index (χ4v) is 2.40. The molecule has 0 aromatic heterocycles. The molecular formula is C16H20O2. The highest BCUT2D eigenvalue weighted by Gasteiger charge is 2.08. The van der Waals surface area contributed by atoms with Gasteiger partial charge in [-0.1, -0.05) is 31.9 Å². The molecule has 2 aromatic rings. The summed E-state index contributed by atoms with van der Waals surface area (Å²) in [6, 6.07) is 7.52. The summed E-state index contributed by atoms with van der Waals surface area (Å²) in [5.41, 5.74) is 2.14. The molecule has 0 radical (unpaired) electrons. The number of benzene rings is 2. The molecule has 2 rings (SSSR count). The van der Waals surface area contributed by atoms with E-state index in [1.165, 1.54) is 12.8 Å². The van der Waals surface area contributed by atoms with E-state index >= 15 is 0 Å². The van der Waals surface area contributed by atoms with Gasteiger partial charge in [0, 0.05) is 0 Å². The Morgan fingerprint density at radius 3 is 2.39 bits per heavy atom. The zero-order chi connectivity index (χ0) is 13.1. The van der Waals surface area contributed by atoms with E-state index in [9.17, 15) is 10.2 Å². The SMILES string of the molecule is CCCCCc1cc(O)c2c(O)cc(C)cc2c1. The van der Waals surface area contributed by atoms with E-state index in [1.54, 1.807) is 12.1 Å². The largest absolute Gasteiger partial charge is 0.507 e. The van der Waals surface area contributed by atoms with Crippen LogP contribution < -0.4 is 0 Å². The van der Waals surface area contributed by atoms with E-state index < -0.39 is 0 Å². The molecule has 2 aromatic carbocycles. The lowest BCUT2D eigenvalue weighted by atomic mass is 9.99. The lowest BCUT2D eigenvalue weighted by molar-refractivity contribution is 0.463. The minimum Gasteiger partial charge on any atom is -0.507 e. The molecule has 2 heteroatoms. The number of phenols is 2. The molecule has 0 aliphatic heterocycles. The van der Waals surface area contributed by atoms with E-state index in [4.69, 9.17) is 0 Å². The Labute approximate surface area is 108 Å². The average Bonchev–Trinajstić information content (AvgIpc) is 2.27. The van der Waals surface area contributed by atoms with Crippen molar-refractivity contribution in [1.82, 2.24) is 0 Å². The van der Waals surface area contributed by atoms with Crippen LogP contribution in [-0.2, 0) is 6.42 Å². The first-order chi connectivity index (χ1) is 8.61. The van der Waals surface area contributed by atoms with Gasteiger partial charge in [-0.2, -0.15) is 0 Å². The number of aromatic hydroxyl groups is 2. The van der Waals surface area contributed by atoms with Crippen molar-refractivity contribution in [2.45, 2.75) is 39.5 Å². The van der Waals surface area contributed by atoms with Crippen LogP contribution in [0.25, 0.3) is 10.8 Å². The molecule has 0 saturated heterocycles. The van der Waals surface area contributed by atoms with Crippen LogP contribution in [0, 0.1) is 6.92 Å². The Balaban J connectivity index is 2.41. The molecule has 0 unspecified atom stereocenters. The van der Waals surface area contributed by atoms with Crippen molar-refractivity contribution in [2.75, 3.05) is 0 Å². The lowest BCUT2D eigenvalue weighted by Gasteiger charge is -2.09. The van der Waals surface area contributed by atoms with Crippen LogP contribution in [0.2, 0.25) is 0 Å². The normalized spacial score (nSPS) is 11.0. The van der Waals surface area contributed by atoms with Crippen LogP contribution in [-0.4, -0.2) is 10.2 Å². The van der Waals surface area contributed by atoms with Crippen LogP contribution in [0.3, 0.4) is 0 Å². The van der Waals surface area contributed by atoms with Gasteiger partial charge in [0.25, 0.3) is 0 Å². The van der Waals surface area contributed by atoms with Crippen LogP contribution in [0.15, 0.2) is 24.3 Å². The minimum atomic E-state index is 0.155. The van der Waals surface area contributed by atoms with E-state index in [1.807, 2.05) is 13.0 Å². The summed E-state index contributed by atoms with van der Waals surface area (Å²) in [6.45, 7) is 4.12. The van der Waals surface area contributed by atoms with Gasteiger partial charge in [-0.25, -0.2) is 0 Å². The highest BCUT2D eigenvalue weighted by Crippen LogP contribution is 2.35. The van der Waals surface area contributed by atoms with Crippen molar-refractivity contribution in [3.05, 3.63) is 35.4 Å². The predicted molar refractivity (Wildman–Crippen MR) is 75.2 cm³/mol. The maximum absolute atomic E-state index is 10.0. The first-order valence-electron chi connectivity index (χ1n) is 6.57. The second kappa shape index (κ2) is 5.30. The first-order valence-corrected chi connectivity index (χ1v) is 6.57. The number of hydrogen-bond donors (Lipinski definition) is 2. The van der Waals surface area contributed by atoms with Crippen molar-refractivity contribution >= 4 is 10.8 Å². The molecule has 2 nitrogen and oxygen atoms in total. The van der Waals surface area contributed by atoms with Gasteiger partial charge in [0.1, 0.15) is 11.5 Å². The molecule has 2 N–H and O–H groups in total. The maximum Gasteiger partial charge on any atom is 0.127 e. The molecule has 0 heterocycles. The number of unbranched alkanes of at least 4 members (excludes halogenated alkanes) is 2. The van der Waals surface area contributed by atoms with Gasteiger partial charge in [0.05, 0.1) is 5.39 Å². The maximum atomic E-state index is 10.0. The van der Waals surface area contributed by atoms with Gasteiger partial charge in [-0.15, -0.1) is 0 Å². The Morgan fingerprint density at radius 1 is 0.944 bits per heavy atom. The van der Waals surface area contributed by atoms with Crippen LogP contribution >= 0.6 is 0 Å². The van der Waals surface area contributed by atoms with E-state index in [0.29, 0.717) is 5.39 Å². The summed E-state index contributed by atoms with van der Waals surface area (Å²) in [7, 11) is 0. The van der Waals surface area contributed by atoms with Gasteiger partial charge >= 0.3 is 0 Å². The highest BCUT2D eigenvalue weighted by molar-refractivity contribution is 5.94. The van der Waals surface area contributed by atoms with Crippen molar-refractivity contribution < 1.29 is 10.2 Å². The van der Waals surface area contributed by atoms with Crippen molar-refractivity contribution in [2.24, 2.45) is 0 Å². The second-order valence-corrected chi connectivity index (χ2v) is 4.95. The third-order valence-electron chi connectivity index (χ3n) is 3.28. The molecule has 0 atom stereocenters. The molecule has 0 bridgehead atoms. The van der Waals surface area contributed by atoms with Crippen molar-refractivity contribution in [1.29, 1.82) is 0 Å². The standard InChI is InChI=1S/C16H20O2/c1-3-4-5-6-12-9-13-7-11(2)8-14(17)16(13)15(18)10-12/h7-10,17-18H,3-6H2,1-2H3. The summed E-state index contributed by atoms with van der Waals surface area (Å²) in [5, 5.41) is 21.4. The predicted octanol–water partition coefficient (Wildman–Crippen LogP) is 4.29. The number of hydrogen-bond acceptors (Lipinski definition) is 2. The molecule has 0 spiro atoms. The van der Waals surface area contributed by atoms with Crippen LogP contribution in [0.1, 0.15) is 37.3 Å². The molecular weight excluding hydrogens is 224 g/mol. The zero-order valence-corrected chi connectivity index (χ0v) is 11.0. The van der Waals surface area contributed by atoms with Crippen LogP contribution in [0.4, 0.5) is 0 Å². The first kappa shape index (κ1) is 12.7. The number of fused-ring (bicyclic) bond motifs is 1. The van der Waals surface area contributed by atoms with E-state index in [0.717, 1.165) is 29.4 Å². The number of phenolic OH excluding ortho intramolecular Hbond substituents is 2. The summed E-state index contributed by atoms with van der Waals surface area (Å²) >= 11 is 0. The third-order valence-corrected chi connectivity index (χ3v) is 3.28. The summed E-state index contributed by atoms with van der Waals surface area (Å²) < 4.78 is 0. The van der Waals surface area contributed by atoms with Gasteiger partial charge in [0.15, 0.2) is 0 Å². The molecule has 0 aliphatic rings. The number of rotatable bonds is 4. The highest BCUT2D eigenvalue weighted by atomic mass is 16.3. The zero-order valence-electron chi connectivity index (χ0n) is 11.0. The lowest BCUT2D eigenvalue weighted by Crippen LogP contribution is -1.87. The third kappa shape index (κ3) is 2.58. The summed E-state index contributed by atoms with van der Waals surface area (Å²) in [5.74, 6) is 0.333. The van der Waals surface area contributed by atoms with Gasteiger partial charge in [-0.05, 0) is 48.4 Å². The fourth-order valence-electron chi connectivity index (χ4n) is 2.40. The number of aryl methyl sites for hydroxylation is 2. The Hall–Kier alpha value is -1.70. The van der Waals surface area contributed by atoms with Gasteiger partial charge in [0.2, 0.25) is 0 Å².